The molecular formula is C13H18N2O3. The van der Waals surface area contributed by atoms with Gasteiger partial charge in [0.15, 0.2) is 0 Å². The van der Waals surface area contributed by atoms with Crippen molar-refractivity contribution in [2.45, 2.75) is 51.5 Å². The average Bonchev–Trinajstić information content (AvgIpc) is 2.75. The first-order valence-electron chi connectivity index (χ1n) is 6.74. The van der Waals surface area contributed by atoms with Gasteiger partial charge in [-0.25, -0.2) is 4.79 Å². The summed E-state index contributed by atoms with van der Waals surface area (Å²) in [6.45, 7) is 2.11. The number of nitrogens with one attached hydrogen (secondary N) is 1. The largest absolute Gasteiger partial charge is 0.331 e. The van der Waals surface area contributed by atoms with Gasteiger partial charge in [-0.05, 0) is 31.6 Å². The van der Waals surface area contributed by atoms with Crippen LogP contribution in [0.2, 0.25) is 0 Å². The van der Waals surface area contributed by atoms with Gasteiger partial charge in [0.25, 0.3) is 0 Å². The minimum Gasteiger partial charge on any atom is -0.277 e. The fourth-order valence-electron chi connectivity index (χ4n) is 3.52. The Morgan fingerprint density at radius 2 is 1.78 bits per heavy atom. The Balaban J connectivity index is 1.88. The average molecular weight is 250 g/mol. The third-order valence-electron chi connectivity index (χ3n) is 4.67. The number of amides is 4. The zero-order chi connectivity index (χ0) is 12.9. The molecule has 1 heterocycles. The van der Waals surface area contributed by atoms with Crippen LogP contribution in [0.3, 0.4) is 0 Å². The fraction of sp³-hybridized carbons (Fsp3) is 0.769. The monoisotopic (exact) mass is 250 g/mol. The van der Waals surface area contributed by atoms with E-state index in [9.17, 15) is 14.4 Å². The molecule has 2 aliphatic carbocycles. The molecule has 5 nitrogen and oxygen atoms in total. The second-order valence-electron chi connectivity index (χ2n) is 5.95. The van der Waals surface area contributed by atoms with Gasteiger partial charge in [-0.15, -0.1) is 0 Å². The van der Waals surface area contributed by atoms with E-state index in [1.165, 1.54) is 4.90 Å². The lowest BCUT2D eigenvalue weighted by atomic mass is 9.77. The van der Waals surface area contributed by atoms with E-state index >= 15 is 0 Å². The van der Waals surface area contributed by atoms with Crippen LogP contribution in [-0.2, 0) is 9.59 Å². The van der Waals surface area contributed by atoms with E-state index in [2.05, 4.69) is 12.2 Å². The maximum Gasteiger partial charge on any atom is 0.331 e. The molecule has 0 aromatic carbocycles. The van der Waals surface area contributed by atoms with Crippen LogP contribution in [0.5, 0.6) is 0 Å². The van der Waals surface area contributed by atoms with Crippen molar-refractivity contribution in [3.05, 3.63) is 0 Å². The lowest BCUT2D eigenvalue weighted by Crippen LogP contribution is -2.66. The van der Waals surface area contributed by atoms with Crippen LogP contribution >= 0.6 is 0 Å². The summed E-state index contributed by atoms with van der Waals surface area (Å²) in [6.07, 6.45) is 4.69. The predicted molar refractivity (Wildman–Crippen MR) is 63.5 cm³/mol. The molecule has 1 saturated heterocycles. The van der Waals surface area contributed by atoms with Gasteiger partial charge in [0.2, 0.25) is 11.8 Å². The van der Waals surface area contributed by atoms with E-state index in [1.807, 2.05) is 0 Å². The molecule has 0 aromatic rings. The first-order valence-corrected chi connectivity index (χ1v) is 6.74. The van der Waals surface area contributed by atoms with E-state index in [0.717, 1.165) is 25.7 Å². The standard InChI is InChI=1S/C13H18N2O3/c1-8-6-9(7-8)15-11(17)13(4-2-3-5-13)10(16)14-12(15)18/h8-9H,2-7H2,1H3,(H,14,16,18). The number of imide groups is 2. The summed E-state index contributed by atoms with van der Waals surface area (Å²) >= 11 is 0. The number of hydrogen-bond donors (Lipinski definition) is 1. The number of barbiturate groups is 1. The Morgan fingerprint density at radius 1 is 1.17 bits per heavy atom. The molecule has 0 aromatic heterocycles. The van der Waals surface area contributed by atoms with Gasteiger partial charge < -0.3 is 0 Å². The molecule has 0 unspecified atom stereocenters. The summed E-state index contributed by atoms with van der Waals surface area (Å²) in [7, 11) is 0. The highest BCUT2D eigenvalue weighted by Crippen LogP contribution is 2.44. The van der Waals surface area contributed by atoms with E-state index < -0.39 is 11.4 Å². The minimum atomic E-state index is -0.938. The summed E-state index contributed by atoms with van der Waals surface area (Å²) < 4.78 is 0. The van der Waals surface area contributed by atoms with Crippen LogP contribution in [0.1, 0.15) is 45.4 Å². The molecule has 1 aliphatic heterocycles. The number of rotatable bonds is 1. The molecule has 0 radical (unpaired) electrons. The SMILES string of the molecule is CC1CC(N2C(=O)NC(=O)C3(CCCC3)C2=O)C1. The first kappa shape index (κ1) is 11.7. The van der Waals surface area contributed by atoms with Gasteiger partial charge in [-0.1, -0.05) is 19.8 Å². The highest BCUT2D eigenvalue weighted by Gasteiger charge is 2.57. The quantitative estimate of drug-likeness (QED) is 0.716. The lowest BCUT2D eigenvalue weighted by Gasteiger charge is -2.45. The summed E-state index contributed by atoms with van der Waals surface area (Å²) in [6, 6.07) is -0.516. The summed E-state index contributed by atoms with van der Waals surface area (Å²) in [4.78, 5) is 37.7. The molecule has 0 atom stereocenters. The van der Waals surface area contributed by atoms with Crippen molar-refractivity contribution < 1.29 is 14.4 Å². The number of carbonyl (C=O) groups is 3. The fourth-order valence-corrected chi connectivity index (χ4v) is 3.52. The molecule has 18 heavy (non-hydrogen) atoms. The maximum absolute atomic E-state index is 12.6. The van der Waals surface area contributed by atoms with Crippen molar-refractivity contribution >= 4 is 17.8 Å². The van der Waals surface area contributed by atoms with Crippen LogP contribution in [0, 0.1) is 11.3 Å². The number of nitrogens with zero attached hydrogens (tertiary/aromatic N) is 1. The zero-order valence-corrected chi connectivity index (χ0v) is 10.6. The van der Waals surface area contributed by atoms with Crippen molar-refractivity contribution in [3.8, 4) is 0 Å². The molecule has 2 saturated carbocycles. The lowest BCUT2D eigenvalue weighted by molar-refractivity contribution is -0.154. The van der Waals surface area contributed by atoms with Gasteiger partial charge in [-0.2, -0.15) is 0 Å². The van der Waals surface area contributed by atoms with Crippen molar-refractivity contribution in [1.29, 1.82) is 0 Å². The Morgan fingerprint density at radius 3 is 2.33 bits per heavy atom. The molecule has 98 valence electrons. The second kappa shape index (κ2) is 3.80. The molecule has 4 amide bonds. The van der Waals surface area contributed by atoms with Crippen LogP contribution < -0.4 is 5.32 Å². The summed E-state index contributed by atoms with van der Waals surface area (Å²) in [5.41, 5.74) is -0.938. The van der Waals surface area contributed by atoms with Crippen LogP contribution in [0.15, 0.2) is 0 Å². The molecule has 0 bridgehead atoms. The topological polar surface area (TPSA) is 66.5 Å². The van der Waals surface area contributed by atoms with Gasteiger partial charge >= 0.3 is 6.03 Å². The van der Waals surface area contributed by atoms with Crippen LogP contribution in [0.4, 0.5) is 4.79 Å². The van der Waals surface area contributed by atoms with Crippen molar-refractivity contribution in [3.63, 3.8) is 0 Å². The molecule has 1 spiro atoms. The predicted octanol–water partition coefficient (Wildman–Crippen LogP) is 1.42. The second-order valence-corrected chi connectivity index (χ2v) is 5.95. The number of urea groups is 1. The Hall–Kier alpha value is -1.39. The zero-order valence-electron chi connectivity index (χ0n) is 10.6. The Kier molecular flexibility index (Phi) is 2.47. The van der Waals surface area contributed by atoms with Crippen molar-refractivity contribution in [2.75, 3.05) is 0 Å². The molecule has 1 N–H and O–H groups in total. The highest BCUT2D eigenvalue weighted by atomic mass is 16.2. The minimum absolute atomic E-state index is 0.00178. The van der Waals surface area contributed by atoms with Crippen molar-refractivity contribution in [1.82, 2.24) is 10.2 Å². The molecule has 5 heteroatoms. The molecule has 3 rings (SSSR count). The third kappa shape index (κ3) is 1.42. The molecule has 3 aliphatic rings. The van der Waals surface area contributed by atoms with Gasteiger partial charge in [0.1, 0.15) is 5.41 Å². The number of carbonyl (C=O) groups excluding carboxylic acids is 3. The van der Waals surface area contributed by atoms with E-state index in [4.69, 9.17) is 0 Å². The Bertz CT molecular complexity index is 420. The smallest absolute Gasteiger partial charge is 0.277 e. The Labute approximate surface area is 106 Å². The molecule has 3 fully saturated rings. The highest BCUT2D eigenvalue weighted by molar-refractivity contribution is 6.19. The van der Waals surface area contributed by atoms with Gasteiger partial charge in [0, 0.05) is 6.04 Å². The van der Waals surface area contributed by atoms with Crippen LogP contribution in [-0.4, -0.2) is 28.8 Å². The normalized spacial score (nSPS) is 34.7. The first-order chi connectivity index (χ1) is 8.54. The van der Waals surface area contributed by atoms with Gasteiger partial charge in [-0.3, -0.25) is 19.8 Å². The van der Waals surface area contributed by atoms with E-state index in [0.29, 0.717) is 18.8 Å². The van der Waals surface area contributed by atoms with E-state index in [-0.39, 0.29) is 17.9 Å². The number of hydrogen-bond acceptors (Lipinski definition) is 3. The van der Waals surface area contributed by atoms with Crippen molar-refractivity contribution in [2.24, 2.45) is 11.3 Å². The van der Waals surface area contributed by atoms with Crippen LogP contribution in [0.25, 0.3) is 0 Å². The summed E-state index contributed by atoms with van der Waals surface area (Å²) in [5, 5.41) is 2.38. The third-order valence-corrected chi connectivity index (χ3v) is 4.67. The van der Waals surface area contributed by atoms with E-state index in [1.54, 1.807) is 0 Å². The maximum atomic E-state index is 12.6. The summed E-state index contributed by atoms with van der Waals surface area (Å²) in [5.74, 6) is -0.0583. The molecular weight excluding hydrogens is 232 g/mol. The van der Waals surface area contributed by atoms with Gasteiger partial charge in [0.05, 0.1) is 0 Å².